The van der Waals surface area contributed by atoms with E-state index in [0.717, 1.165) is 30.7 Å². The molecule has 1 N–H and O–H groups in total. The van der Waals surface area contributed by atoms with Crippen LogP contribution < -0.4 is 5.32 Å². The molecular weight excluding hydrogens is 391 g/mol. The van der Waals surface area contributed by atoms with Crippen molar-refractivity contribution in [3.05, 3.63) is 60.4 Å². The van der Waals surface area contributed by atoms with Gasteiger partial charge in [0.2, 0.25) is 5.91 Å². The summed E-state index contributed by atoms with van der Waals surface area (Å²) in [5.74, 6) is 0.441. The van der Waals surface area contributed by atoms with Crippen LogP contribution in [0.4, 0.5) is 10.1 Å². The summed E-state index contributed by atoms with van der Waals surface area (Å²) in [6.45, 7) is 1.35. The molecule has 29 heavy (non-hydrogen) atoms. The largest absolute Gasteiger partial charge is 0.376 e. The number of rotatable bonds is 7. The van der Waals surface area contributed by atoms with Crippen molar-refractivity contribution >= 4 is 23.4 Å². The molecule has 2 heterocycles. The van der Waals surface area contributed by atoms with Crippen molar-refractivity contribution in [1.82, 2.24) is 14.8 Å². The number of hydrogen-bond donors (Lipinski definition) is 1. The highest BCUT2D eigenvalue weighted by molar-refractivity contribution is 7.99. The molecule has 0 aliphatic carbocycles. The third kappa shape index (κ3) is 5.02. The Kier molecular flexibility index (Phi) is 6.21. The number of nitrogens with zero attached hydrogens (tertiary/aromatic N) is 3. The lowest BCUT2D eigenvalue weighted by molar-refractivity contribution is -0.113. The summed E-state index contributed by atoms with van der Waals surface area (Å²) in [6.07, 6.45) is 2.09. The van der Waals surface area contributed by atoms with Crippen molar-refractivity contribution in [3.8, 4) is 11.4 Å². The van der Waals surface area contributed by atoms with Crippen LogP contribution in [0.1, 0.15) is 12.8 Å². The minimum absolute atomic E-state index is 0.0858. The van der Waals surface area contributed by atoms with E-state index in [1.807, 2.05) is 34.9 Å². The maximum absolute atomic E-state index is 13.3. The van der Waals surface area contributed by atoms with Gasteiger partial charge in [-0.25, -0.2) is 4.39 Å². The Bertz CT molecular complexity index is 957. The smallest absolute Gasteiger partial charge is 0.234 e. The van der Waals surface area contributed by atoms with Crippen molar-refractivity contribution in [2.75, 3.05) is 17.7 Å². The Morgan fingerprint density at radius 1 is 1.17 bits per heavy atom. The molecule has 1 saturated heterocycles. The van der Waals surface area contributed by atoms with Crippen LogP contribution in [0.15, 0.2) is 59.8 Å². The average Bonchev–Trinajstić information content (AvgIpc) is 3.38. The van der Waals surface area contributed by atoms with Crippen LogP contribution >= 0.6 is 11.8 Å². The molecule has 1 aromatic heterocycles. The molecule has 1 amide bonds. The molecule has 2 aromatic carbocycles. The van der Waals surface area contributed by atoms with Gasteiger partial charge >= 0.3 is 0 Å². The number of benzene rings is 2. The molecule has 1 atom stereocenters. The molecule has 1 fully saturated rings. The summed E-state index contributed by atoms with van der Waals surface area (Å²) in [6, 6.07) is 15.5. The Morgan fingerprint density at radius 2 is 1.97 bits per heavy atom. The van der Waals surface area contributed by atoms with E-state index >= 15 is 0 Å². The standard InChI is InChI=1S/C21H21FN4O2S/c22-16-10-8-15(9-11-16)20-24-25-21(26(20)13-18-7-4-12-28-18)29-14-19(27)23-17-5-2-1-3-6-17/h1-3,5-6,8-11,18H,4,7,12-14H2,(H,23,27). The lowest BCUT2D eigenvalue weighted by Gasteiger charge is -2.14. The van der Waals surface area contributed by atoms with E-state index in [1.54, 1.807) is 12.1 Å². The van der Waals surface area contributed by atoms with Gasteiger partial charge < -0.3 is 10.1 Å². The van der Waals surface area contributed by atoms with Gasteiger partial charge in [-0.05, 0) is 49.2 Å². The minimum atomic E-state index is -0.300. The van der Waals surface area contributed by atoms with Crippen LogP contribution in [0, 0.1) is 5.82 Å². The zero-order chi connectivity index (χ0) is 20.1. The van der Waals surface area contributed by atoms with Gasteiger partial charge in [0.1, 0.15) is 5.82 Å². The lowest BCUT2D eigenvalue weighted by Crippen LogP contribution is -2.18. The number of carbonyl (C=O) groups is 1. The predicted molar refractivity (Wildman–Crippen MR) is 110 cm³/mol. The first kappa shape index (κ1) is 19.6. The highest BCUT2D eigenvalue weighted by atomic mass is 32.2. The molecule has 0 spiro atoms. The van der Waals surface area contributed by atoms with Crippen LogP contribution in [-0.2, 0) is 16.1 Å². The molecule has 0 bridgehead atoms. The van der Waals surface area contributed by atoms with Gasteiger partial charge in [0, 0.05) is 17.9 Å². The fourth-order valence-corrected chi connectivity index (χ4v) is 3.96. The number of para-hydroxylation sites is 1. The Balaban J connectivity index is 1.50. The van der Waals surface area contributed by atoms with Gasteiger partial charge in [0.15, 0.2) is 11.0 Å². The Labute approximate surface area is 172 Å². The quantitative estimate of drug-likeness (QED) is 0.594. The molecule has 4 rings (SSSR count). The summed E-state index contributed by atoms with van der Waals surface area (Å²) < 4.78 is 21.0. The van der Waals surface area contributed by atoms with E-state index in [2.05, 4.69) is 15.5 Å². The predicted octanol–water partition coefficient (Wildman–Crippen LogP) is 3.99. The first-order valence-corrected chi connectivity index (χ1v) is 10.5. The second-order valence-electron chi connectivity index (χ2n) is 6.76. The number of hydrogen-bond acceptors (Lipinski definition) is 5. The van der Waals surface area contributed by atoms with Crippen LogP contribution in [0.25, 0.3) is 11.4 Å². The van der Waals surface area contributed by atoms with Crippen molar-refractivity contribution in [2.24, 2.45) is 0 Å². The van der Waals surface area contributed by atoms with Crippen LogP contribution in [0.3, 0.4) is 0 Å². The number of thioether (sulfide) groups is 1. The van der Waals surface area contributed by atoms with E-state index in [4.69, 9.17) is 4.74 Å². The average molecular weight is 412 g/mol. The molecule has 0 radical (unpaired) electrons. The molecule has 1 aliphatic heterocycles. The fraction of sp³-hybridized carbons (Fsp3) is 0.286. The SMILES string of the molecule is O=C(CSc1nnc(-c2ccc(F)cc2)n1CC1CCCO1)Nc1ccccc1. The summed E-state index contributed by atoms with van der Waals surface area (Å²) >= 11 is 1.32. The maximum atomic E-state index is 13.3. The number of ether oxygens (including phenoxy) is 1. The number of aromatic nitrogens is 3. The van der Waals surface area contributed by atoms with E-state index in [0.29, 0.717) is 17.5 Å². The first-order valence-electron chi connectivity index (χ1n) is 9.47. The number of halogens is 1. The summed E-state index contributed by atoms with van der Waals surface area (Å²) in [4.78, 5) is 12.3. The van der Waals surface area contributed by atoms with Gasteiger partial charge in [-0.3, -0.25) is 9.36 Å². The van der Waals surface area contributed by atoms with Gasteiger partial charge in [0.25, 0.3) is 0 Å². The van der Waals surface area contributed by atoms with Crippen molar-refractivity contribution in [1.29, 1.82) is 0 Å². The van der Waals surface area contributed by atoms with E-state index in [-0.39, 0.29) is 23.6 Å². The highest BCUT2D eigenvalue weighted by Crippen LogP contribution is 2.27. The first-order chi connectivity index (χ1) is 14.2. The number of carbonyl (C=O) groups excluding carboxylic acids is 1. The number of amides is 1. The van der Waals surface area contributed by atoms with Crippen LogP contribution in [0.2, 0.25) is 0 Å². The number of anilines is 1. The highest BCUT2D eigenvalue weighted by Gasteiger charge is 2.22. The van der Waals surface area contributed by atoms with E-state index in [9.17, 15) is 9.18 Å². The van der Waals surface area contributed by atoms with Gasteiger partial charge in [-0.1, -0.05) is 30.0 Å². The van der Waals surface area contributed by atoms with E-state index < -0.39 is 0 Å². The zero-order valence-corrected chi connectivity index (χ0v) is 16.6. The second kappa shape index (κ2) is 9.19. The third-order valence-electron chi connectivity index (χ3n) is 4.62. The monoisotopic (exact) mass is 412 g/mol. The topological polar surface area (TPSA) is 69.0 Å². The summed E-state index contributed by atoms with van der Waals surface area (Å²) in [5, 5.41) is 12.1. The van der Waals surface area contributed by atoms with E-state index in [1.165, 1.54) is 23.9 Å². The maximum Gasteiger partial charge on any atom is 0.234 e. The van der Waals surface area contributed by atoms with Crippen molar-refractivity contribution in [3.63, 3.8) is 0 Å². The normalized spacial score (nSPS) is 16.1. The van der Waals surface area contributed by atoms with Gasteiger partial charge in [-0.15, -0.1) is 10.2 Å². The third-order valence-corrected chi connectivity index (χ3v) is 5.59. The van der Waals surface area contributed by atoms with Crippen molar-refractivity contribution in [2.45, 2.75) is 30.6 Å². The number of nitrogens with one attached hydrogen (secondary N) is 1. The Hall–Kier alpha value is -2.71. The summed E-state index contributed by atoms with van der Waals surface area (Å²) in [7, 11) is 0. The van der Waals surface area contributed by atoms with Gasteiger partial charge in [0.05, 0.1) is 18.4 Å². The molecule has 1 aliphatic rings. The molecule has 6 nitrogen and oxygen atoms in total. The van der Waals surface area contributed by atoms with Crippen molar-refractivity contribution < 1.29 is 13.9 Å². The fourth-order valence-electron chi connectivity index (χ4n) is 3.21. The molecule has 150 valence electrons. The van der Waals surface area contributed by atoms with Gasteiger partial charge in [-0.2, -0.15) is 0 Å². The second-order valence-corrected chi connectivity index (χ2v) is 7.70. The van der Waals surface area contributed by atoms with Crippen LogP contribution in [-0.4, -0.2) is 39.1 Å². The minimum Gasteiger partial charge on any atom is -0.376 e. The summed E-state index contributed by atoms with van der Waals surface area (Å²) in [5.41, 5.74) is 1.53. The molecule has 8 heteroatoms. The lowest BCUT2D eigenvalue weighted by atomic mass is 10.2. The Morgan fingerprint density at radius 3 is 2.69 bits per heavy atom. The zero-order valence-electron chi connectivity index (χ0n) is 15.8. The molecular formula is C21H21FN4O2S. The van der Waals surface area contributed by atoms with Crippen LogP contribution in [0.5, 0.6) is 0 Å². The molecule has 1 unspecified atom stereocenters. The molecule has 3 aromatic rings. The molecule has 0 saturated carbocycles.